The number of ether oxygens (including phenoxy) is 3. The summed E-state index contributed by atoms with van der Waals surface area (Å²) in [6.07, 6.45) is 9.24. The Balaban J connectivity index is 0.933. The normalized spacial score (nSPS) is 13.4. The Labute approximate surface area is 296 Å². The van der Waals surface area contributed by atoms with Gasteiger partial charge < -0.3 is 19.1 Å². The van der Waals surface area contributed by atoms with Crippen molar-refractivity contribution in [1.82, 2.24) is 19.8 Å². The lowest BCUT2D eigenvalue weighted by Gasteiger charge is -2.34. The van der Waals surface area contributed by atoms with E-state index in [1.165, 1.54) is 23.3 Å². The molecule has 256 valence electrons. The summed E-state index contributed by atoms with van der Waals surface area (Å²) in [6.45, 7) is 6.58. The van der Waals surface area contributed by atoms with Gasteiger partial charge in [-0.1, -0.05) is 41.9 Å². The molecule has 5 aromatic rings. The highest BCUT2D eigenvalue weighted by molar-refractivity contribution is 6.32. The molecule has 1 fully saturated rings. The number of aryl methyl sites for hydroxylation is 1. The Bertz CT molecular complexity index is 1860. The molecule has 3 heterocycles. The molecular formula is C40H38ClFN4O4. The lowest BCUT2D eigenvalue weighted by atomic mass is 10.1. The quantitative estimate of drug-likeness (QED) is 0.116. The Morgan fingerprint density at radius 3 is 2.34 bits per heavy atom. The molecule has 0 saturated carbocycles. The summed E-state index contributed by atoms with van der Waals surface area (Å²) >= 11 is 6.60. The SMILES string of the molecule is Cc1cc(/C=C/C(=O)N2CCN(Cc3ccc(CCOc4ccc(F)cc4)cc3)CC2)cc(Cl)c1Oc1ccc(OCc2cccnc2)cn1. The molecule has 0 radical (unpaired) electrons. The van der Waals surface area contributed by atoms with Crippen LogP contribution in [0.4, 0.5) is 4.39 Å². The number of amides is 1. The van der Waals surface area contributed by atoms with Crippen molar-refractivity contribution in [3.8, 4) is 23.1 Å². The number of halogens is 2. The summed E-state index contributed by atoms with van der Waals surface area (Å²) in [5.41, 5.74) is 5.01. The summed E-state index contributed by atoms with van der Waals surface area (Å²) in [7, 11) is 0. The van der Waals surface area contributed by atoms with Crippen molar-refractivity contribution in [2.75, 3.05) is 32.8 Å². The number of aromatic nitrogens is 2. The van der Waals surface area contributed by atoms with Gasteiger partial charge in [0.15, 0.2) is 5.75 Å². The highest BCUT2D eigenvalue weighted by Gasteiger charge is 2.20. The van der Waals surface area contributed by atoms with Crippen LogP contribution in [0.3, 0.4) is 0 Å². The number of nitrogens with zero attached hydrogens (tertiary/aromatic N) is 4. The van der Waals surface area contributed by atoms with E-state index >= 15 is 0 Å². The van der Waals surface area contributed by atoms with Crippen LogP contribution >= 0.6 is 11.6 Å². The zero-order valence-electron chi connectivity index (χ0n) is 27.8. The maximum atomic E-state index is 13.1. The number of benzene rings is 3. The maximum absolute atomic E-state index is 13.1. The van der Waals surface area contributed by atoms with Crippen molar-refractivity contribution in [3.63, 3.8) is 0 Å². The van der Waals surface area contributed by atoms with Gasteiger partial charge in [0.1, 0.15) is 23.9 Å². The smallest absolute Gasteiger partial charge is 0.246 e. The third kappa shape index (κ3) is 9.90. The maximum Gasteiger partial charge on any atom is 0.246 e. The minimum absolute atomic E-state index is 0.0269. The first-order valence-electron chi connectivity index (χ1n) is 16.5. The van der Waals surface area contributed by atoms with Gasteiger partial charge in [0, 0.05) is 69.2 Å². The molecule has 1 aliphatic rings. The van der Waals surface area contributed by atoms with Crippen LogP contribution in [0.1, 0.15) is 27.8 Å². The van der Waals surface area contributed by atoms with Crippen molar-refractivity contribution in [3.05, 3.63) is 148 Å². The summed E-state index contributed by atoms with van der Waals surface area (Å²) in [4.78, 5) is 25.7. The van der Waals surface area contributed by atoms with E-state index in [2.05, 4.69) is 39.1 Å². The largest absolute Gasteiger partial charge is 0.493 e. The van der Waals surface area contributed by atoms with E-state index < -0.39 is 0 Å². The number of hydrogen-bond acceptors (Lipinski definition) is 7. The average molecular weight is 693 g/mol. The Morgan fingerprint density at radius 1 is 0.880 bits per heavy atom. The fourth-order valence-electron chi connectivity index (χ4n) is 5.54. The molecule has 3 aromatic carbocycles. The fourth-order valence-corrected chi connectivity index (χ4v) is 5.85. The van der Waals surface area contributed by atoms with Crippen molar-refractivity contribution in [2.45, 2.75) is 26.5 Å². The molecule has 0 aliphatic carbocycles. The van der Waals surface area contributed by atoms with Gasteiger partial charge in [0.25, 0.3) is 0 Å². The summed E-state index contributed by atoms with van der Waals surface area (Å²) in [5.74, 6) is 1.88. The molecule has 8 nitrogen and oxygen atoms in total. The van der Waals surface area contributed by atoms with Crippen LogP contribution in [0.5, 0.6) is 23.1 Å². The topological polar surface area (TPSA) is 77.0 Å². The van der Waals surface area contributed by atoms with E-state index in [-0.39, 0.29) is 11.7 Å². The lowest BCUT2D eigenvalue weighted by Crippen LogP contribution is -2.47. The Kier molecular flexibility index (Phi) is 11.7. The van der Waals surface area contributed by atoms with E-state index in [1.54, 1.807) is 61.1 Å². The Hall–Kier alpha value is -5.25. The second-order valence-electron chi connectivity index (χ2n) is 12.0. The molecule has 0 N–H and O–H groups in total. The van der Waals surface area contributed by atoms with Crippen LogP contribution in [0, 0.1) is 12.7 Å². The molecule has 0 bridgehead atoms. The van der Waals surface area contributed by atoms with E-state index in [0.29, 0.717) is 54.5 Å². The summed E-state index contributed by atoms with van der Waals surface area (Å²) in [6, 6.07) is 25.6. The van der Waals surface area contributed by atoms with Crippen LogP contribution in [-0.4, -0.2) is 58.5 Å². The molecule has 1 aliphatic heterocycles. The van der Waals surface area contributed by atoms with E-state index in [0.717, 1.165) is 42.7 Å². The zero-order chi connectivity index (χ0) is 34.7. The first-order chi connectivity index (χ1) is 24.4. The molecule has 0 spiro atoms. The highest BCUT2D eigenvalue weighted by Crippen LogP contribution is 2.34. The van der Waals surface area contributed by atoms with Crippen LogP contribution in [0.15, 0.2) is 110 Å². The van der Waals surface area contributed by atoms with Gasteiger partial charge in [-0.15, -0.1) is 0 Å². The minimum Gasteiger partial charge on any atom is -0.493 e. The van der Waals surface area contributed by atoms with Crippen molar-refractivity contribution >= 4 is 23.6 Å². The van der Waals surface area contributed by atoms with Gasteiger partial charge in [-0.2, -0.15) is 0 Å². The molecule has 6 rings (SSSR count). The molecule has 1 saturated heterocycles. The number of rotatable bonds is 13. The number of piperazine rings is 1. The van der Waals surface area contributed by atoms with Crippen molar-refractivity contribution in [1.29, 1.82) is 0 Å². The number of hydrogen-bond donors (Lipinski definition) is 0. The fraction of sp³-hybridized carbons (Fsp3) is 0.225. The molecule has 1 amide bonds. The molecule has 0 unspecified atom stereocenters. The van der Waals surface area contributed by atoms with E-state index in [1.807, 2.05) is 30.0 Å². The van der Waals surface area contributed by atoms with Crippen LogP contribution in [0.2, 0.25) is 5.02 Å². The molecule has 0 atom stereocenters. The van der Waals surface area contributed by atoms with Gasteiger partial charge in [-0.3, -0.25) is 14.7 Å². The van der Waals surface area contributed by atoms with Gasteiger partial charge >= 0.3 is 0 Å². The monoisotopic (exact) mass is 692 g/mol. The standard InChI is InChI=1S/C40H38ClFN4O4/c1-29-23-32(24-37(41)40(29)50-38-14-13-36(26-44-38)49-28-33-3-2-17-43-25-33)8-15-39(47)46-20-18-45(19-21-46)27-31-6-4-30(5-7-31)16-22-48-35-11-9-34(42)10-12-35/h2-15,17,23-26H,16,18-22,27-28H2,1H3/b15-8+. The summed E-state index contributed by atoms with van der Waals surface area (Å²) in [5, 5.41) is 0.427. The third-order valence-electron chi connectivity index (χ3n) is 8.30. The second kappa shape index (κ2) is 16.9. The number of carbonyl (C=O) groups is 1. The number of pyridine rings is 2. The average Bonchev–Trinajstić information content (AvgIpc) is 3.14. The van der Waals surface area contributed by atoms with Crippen LogP contribution in [-0.2, 0) is 24.4 Å². The number of carbonyl (C=O) groups excluding carboxylic acids is 1. The Morgan fingerprint density at radius 2 is 1.64 bits per heavy atom. The molecular weight excluding hydrogens is 655 g/mol. The molecule has 50 heavy (non-hydrogen) atoms. The van der Waals surface area contributed by atoms with E-state index in [9.17, 15) is 9.18 Å². The van der Waals surface area contributed by atoms with Crippen LogP contribution in [0.25, 0.3) is 6.08 Å². The lowest BCUT2D eigenvalue weighted by molar-refractivity contribution is -0.127. The molecule has 2 aromatic heterocycles. The van der Waals surface area contributed by atoms with Crippen molar-refractivity contribution in [2.24, 2.45) is 0 Å². The molecule has 10 heteroatoms. The van der Waals surface area contributed by atoms with Gasteiger partial charge in [-0.25, -0.2) is 9.37 Å². The van der Waals surface area contributed by atoms with Gasteiger partial charge in [-0.05, 0) is 83.8 Å². The highest BCUT2D eigenvalue weighted by atomic mass is 35.5. The first kappa shape index (κ1) is 34.6. The van der Waals surface area contributed by atoms with Crippen LogP contribution < -0.4 is 14.2 Å². The van der Waals surface area contributed by atoms with E-state index in [4.69, 9.17) is 25.8 Å². The van der Waals surface area contributed by atoms with Gasteiger partial charge in [0.05, 0.1) is 17.8 Å². The predicted molar refractivity (Wildman–Crippen MR) is 192 cm³/mol. The van der Waals surface area contributed by atoms with Gasteiger partial charge in [0.2, 0.25) is 11.8 Å². The first-order valence-corrected chi connectivity index (χ1v) is 16.9. The minimum atomic E-state index is -0.273. The third-order valence-corrected chi connectivity index (χ3v) is 8.58. The second-order valence-corrected chi connectivity index (χ2v) is 12.4. The zero-order valence-corrected chi connectivity index (χ0v) is 28.6. The van der Waals surface area contributed by atoms with Crippen molar-refractivity contribution < 1.29 is 23.4 Å². The summed E-state index contributed by atoms with van der Waals surface area (Å²) < 4.78 is 30.5. The predicted octanol–water partition coefficient (Wildman–Crippen LogP) is 7.93.